The predicted octanol–water partition coefficient (Wildman–Crippen LogP) is 1.22. The number of hydrogen-bond acceptors (Lipinski definition) is 3. The van der Waals surface area contributed by atoms with E-state index in [1.165, 1.54) is 13.0 Å². The highest BCUT2D eigenvalue weighted by atomic mass is 16.5. The van der Waals surface area contributed by atoms with Gasteiger partial charge < -0.3 is 10.5 Å². The molecule has 1 aliphatic rings. The normalized spacial score (nSPS) is 26.4. The van der Waals surface area contributed by atoms with Gasteiger partial charge in [0.15, 0.2) is 0 Å². The topological polar surface area (TPSA) is 38.5 Å². The molecule has 0 radical (unpaired) electrons. The number of morpholine rings is 1. The third-order valence-electron chi connectivity index (χ3n) is 3.05. The van der Waals surface area contributed by atoms with E-state index in [0.29, 0.717) is 12.1 Å². The third kappa shape index (κ3) is 3.95. The summed E-state index contributed by atoms with van der Waals surface area (Å²) in [4.78, 5) is 2.51. The van der Waals surface area contributed by atoms with E-state index in [9.17, 15) is 0 Å². The fourth-order valence-corrected chi connectivity index (χ4v) is 1.85. The molecule has 14 heavy (non-hydrogen) atoms. The zero-order chi connectivity index (χ0) is 10.4. The monoisotopic (exact) mass is 200 g/mol. The van der Waals surface area contributed by atoms with Crippen LogP contribution in [0.15, 0.2) is 0 Å². The fourth-order valence-electron chi connectivity index (χ4n) is 1.85. The van der Waals surface area contributed by atoms with Gasteiger partial charge in [0.25, 0.3) is 0 Å². The smallest absolute Gasteiger partial charge is 0.0619 e. The Morgan fingerprint density at radius 3 is 3.00 bits per heavy atom. The molecule has 1 rings (SSSR count). The molecule has 1 aliphatic heterocycles. The first-order valence-corrected chi connectivity index (χ1v) is 5.81. The van der Waals surface area contributed by atoms with Crippen molar-refractivity contribution < 1.29 is 4.74 Å². The van der Waals surface area contributed by atoms with Gasteiger partial charge >= 0.3 is 0 Å². The summed E-state index contributed by atoms with van der Waals surface area (Å²) < 4.78 is 5.39. The van der Waals surface area contributed by atoms with Gasteiger partial charge in [-0.05, 0) is 32.7 Å². The van der Waals surface area contributed by atoms with Crippen LogP contribution in [0.4, 0.5) is 0 Å². The fraction of sp³-hybridized carbons (Fsp3) is 1.00. The van der Waals surface area contributed by atoms with Crippen LogP contribution in [0, 0.1) is 0 Å². The molecule has 3 heteroatoms. The lowest BCUT2D eigenvalue weighted by Gasteiger charge is -2.33. The van der Waals surface area contributed by atoms with Crippen LogP contribution in [-0.2, 0) is 4.74 Å². The number of rotatable bonds is 5. The number of hydrogen-bond donors (Lipinski definition) is 1. The molecule has 0 saturated carbocycles. The van der Waals surface area contributed by atoms with E-state index in [4.69, 9.17) is 10.5 Å². The summed E-state index contributed by atoms with van der Waals surface area (Å²) >= 11 is 0. The molecule has 0 bridgehead atoms. The zero-order valence-electron chi connectivity index (χ0n) is 9.54. The van der Waals surface area contributed by atoms with Crippen molar-refractivity contribution in [3.8, 4) is 0 Å². The lowest BCUT2D eigenvalue weighted by atomic mass is 10.1. The minimum absolute atomic E-state index is 0.395. The SMILES string of the molecule is CCC(N)CCCN1CCOCC1C. The minimum atomic E-state index is 0.395. The second-order valence-electron chi connectivity index (χ2n) is 4.27. The second kappa shape index (κ2) is 6.38. The molecule has 2 unspecified atom stereocenters. The first-order chi connectivity index (χ1) is 6.74. The molecular weight excluding hydrogens is 176 g/mol. The molecule has 3 nitrogen and oxygen atoms in total. The van der Waals surface area contributed by atoms with Crippen molar-refractivity contribution in [3.63, 3.8) is 0 Å². The second-order valence-corrected chi connectivity index (χ2v) is 4.27. The molecule has 1 saturated heterocycles. The van der Waals surface area contributed by atoms with Crippen LogP contribution >= 0.6 is 0 Å². The van der Waals surface area contributed by atoms with E-state index < -0.39 is 0 Å². The molecule has 0 aliphatic carbocycles. The van der Waals surface area contributed by atoms with Gasteiger partial charge in [-0.1, -0.05) is 6.92 Å². The lowest BCUT2D eigenvalue weighted by Crippen LogP contribution is -2.44. The quantitative estimate of drug-likeness (QED) is 0.725. The van der Waals surface area contributed by atoms with Crippen LogP contribution in [0.3, 0.4) is 0 Å². The number of nitrogens with two attached hydrogens (primary N) is 1. The lowest BCUT2D eigenvalue weighted by molar-refractivity contribution is -0.00104. The average molecular weight is 200 g/mol. The highest BCUT2D eigenvalue weighted by molar-refractivity contribution is 4.71. The van der Waals surface area contributed by atoms with E-state index in [0.717, 1.165) is 32.6 Å². The Morgan fingerprint density at radius 1 is 1.57 bits per heavy atom. The number of nitrogens with zero attached hydrogens (tertiary/aromatic N) is 1. The first kappa shape index (κ1) is 12.0. The van der Waals surface area contributed by atoms with Crippen LogP contribution < -0.4 is 5.73 Å². The van der Waals surface area contributed by atoms with Crippen LogP contribution in [0.2, 0.25) is 0 Å². The van der Waals surface area contributed by atoms with Crippen LogP contribution in [0.1, 0.15) is 33.1 Å². The largest absolute Gasteiger partial charge is 0.379 e. The first-order valence-electron chi connectivity index (χ1n) is 5.81. The van der Waals surface area contributed by atoms with Gasteiger partial charge in [-0.2, -0.15) is 0 Å². The predicted molar refractivity (Wildman–Crippen MR) is 59.4 cm³/mol. The zero-order valence-corrected chi connectivity index (χ0v) is 9.54. The van der Waals surface area contributed by atoms with E-state index in [1.807, 2.05) is 0 Å². The summed E-state index contributed by atoms with van der Waals surface area (Å²) in [5, 5.41) is 0. The molecule has 1 heterocycles. The van der Waals surface area contributed by atoms with Crippen molar-refractivity contribution in [2.75, 3.05) is 26.3 Å². The Labute approximate surface area is 87.6 Å². The molecule has 0 aromatic carbocycles. The van der Waals surface area contributed by atoms with Crippen molar-refractivity contribution in [1.29, 1.82) is 0 Å². The highest BCUT2D eigenvalue weighted by Crippen LogP contribution is 2.08. The van der Waals surface area contributed by atoms with Gasteiger partial charge in [-0.15, -0.1) is 0 Å². The Bertz CT molecular complexity index is 152. The van der Waals surface area contributed by atoms with E-state index in [-0.39, 0.29) is 0 Å². The van der Waals surface area contributed by atoms with Gasteiger partial charge in [0.05, 0.1) is 13.2 Å². The van der Waals surface area contributed by atoms with Gasteiger partial charge in [-0.25, -0.2) is 0 Å². The van der Waals surface area contributed by atoms with Crippen molar-refractivity contribution in [2.45, 2.75) is 45.2 Å². The maximum Gasteiger partial charge on any atom is 0.0619 e. The molecule has 84 valence electrons. The van der Waals surface area contributed by atoms with E-state index >= 15 is 0 Å². The van der Waals surface area contributed by atoms with Gasteiger partial charge in [0.1, 0.15) is 0 Å². The molecular formula is C11H24N2O. The molecule has 2 N–H and O–H groups in total. The van der Waals surface area contributed by atoms with Gasteiger partial charge in [0.2, 0.25) is 0 Å². The molecule has 0 amide bonds. The summed E-state index contributed by atoms with van der Waals surface area (Å²) in [7, 11) is 0. The van der Waals surface area contributed by atoms with E-state index in [2.05, 4.69) is 18.7 Å². The van der Waals surface area contributed by atoms with Crippen molar-refractivity contribution in [1.82, 2.24) is 4.90 Å². The van der Waals surface area contributed by atoms with E-state index in [1.54, 1.807) is 0 Å². The Balaban J connectivity index is 2.10. The van der Waals surface area contributed by atoms with Gasteiger partial charge in [0, 0.05) is 18.6 Å². The summed E-state index contributed by atoms with van der Waals surface area (Å²) in [5.74, 6) is 0. The Morgan fingerprint density at radius 2 is 2.36 bits per heavy atom. The molecule has 0 aromatic rings. The van der Waals surface area contributed by atoms with Crippen molar-refractivity contribution >= 4 is 0 Å². The minimum Gasteiger partial charge on any atom is -0.379 e. The summed E-state index contributed by atoms with van der Waals surface area (Å²) in [6.07, 6.45) is 3.47. The average Bonchev–Trinajstić information content (AvgIpc) is 2.20. The number of ether oxygens (including phenoxy) is 1. The van der Waals surface area contributed by atoms with Crippen molar-refractivity contribution in [2.24, 2.45) is 5.73 Å². The maximum absolute atomic E-state index is 5.88. The summed E-state index contributed by atoms with van der Waals surface area (Å²) in [6.45, 7) is 8.44. The van der Waals surface area contributed by atoms with Gasteiger partial charge in [-0.3, -0.25) is 4.90 Å². The summed E-state index contributed by atoms with van der Waals surface area (Å²) in [5.41, 5.74) is 5.88. The third-order valence-corrected chi connectivity index (χ3v) is 3.05. The van der Waals surface area contributed by atoms with Crippen LogP contribution in [-0.4, -0.2) is 43.3 Å². The van der Waals surface area contributed by atoms with Crippen LogP contribution in [0.5, 0.6) is 0 Å². The molecule has 0 spiro atoms. The Hall–Kier alpha value is -0.120. The molecule has 1 fully saturated rings. The standard InChI is InChI=1S/C11H24N2O/c1-3-11(12)5-4-6-13-7-8-14-9-10(13)2/h10-11H,3-9,12H2,1-2H3. The molecule has 2 atom stereocenters. The molecule has 0 aromatic heterocycles. The highest BCUT2D eigenvalue weighted by Gasteiger charge is 2.17. The Kier molecular flexibility index (Phi) is 5.45. The maximum atomic E-state index is 5.88. The van der Waals surface area contributed by atoms with Crippen LogP contribution in [0.25, 0.3) is 0 Å². The summed E-state index contributed by atoms with van der Waals surface area (Å²) in [6, 6.07) is 0.980. The van der Waals surface area contributed by atoms with Crippen molar-refractivity contribution in [3.05, 3.63) is 0 Å².